The lowest BCUT2D eigenvalue weighted by molar-refractivity contribution is 0.0787. The molecular formula is C8H19O2P. The number of ether oxygens (including phenoxy) is 2. The van der Waals surface area contributed by atoms with Crippen molar-refractivity contribution in [3.05, 3.63) is 0 Å². The van der Waals surface area contributed by atoms with Crippen LogP contribution in [0.25, 0.3) is 0 Å². The van der Waals surface area contributed by atoms with Crippen LogP contribution in [0.15, 0.2) is 0 Å². The molecule has 0 heterocycles. The Balaban J connectivity index is 2.89. The topological polar surface area (TPSA) is 18.5 Å². The van der Waals surface area contributed by atoms with Crippen LogP contribution < -0.4 is 0 Å². The standard InChI is InChI=1S/C8H19O2P/c1-4-11(3)8-7-10-6-5-9-2/h4-8H2,1-3H3. The second-order valence-corrected chi connectivity index (χ2v) is 5.29. The second kappa shape index (κ2) is 8.45. The van der Waals surface area contributed by atoms with E-state index in [4.69, 9.17) is 9.47 Å². The van der Waals surface area contributed by atoms with Gasteiger partial charge in [-0.1, -0.05) is 6.92 Å². The maximum Gasteiger partial charge on any atom is 0.0700 e. The van der Waals surface area contributed by atoms with Gasteiger partial charge in [-0.2, -0.15) is 0 Å². The molecule has 0 aromatic carbocycles. The van der Waals surface area contributed by atoms with Crippen LogP contribution in [0.5, 0.6) is 0 Å². The summed E-state index contributed by atoms with van der Waals surface area (Å²) >= 11 is 0. The number of hydrogen-bond donors (Lipinski definition) is 0. The maximum atomic E-state index is 5.34. The quantitative estimate of drug-likeness (QED) is 0.437. The van der Waals surface area contributed by atoms with Crippen LogP contribution in [-0.4, -0.2) is 45.9 Å². The monoisotopic (exact) mass is 178 g/mol. The molecule has 3 heteroatoms. The van der Waals surface area contributed by atoms with Crippen molar-refractivity contribution in [3.63, 3.8) is 0 Å². The van der Waals surface area contributed by atoms with Crippen molar-refractivity contribution >= 4 is 7.92 Å². The Morgan fingerprint density at radius 3 is 2.45 bits per heavy atom. The van der Waals surface area contributed by atoms with Crippen LogP contribution in [0.1, 0.15) is 6.92 Å². The average molecular weight is 178 g/mol. The van der Waals surface area contributed by atoms with E-state index in [1.54, 1.807) is 7.11 Å². The molecule has 0 fully saturated rings. The summed E-state index contributed by atoms with van der Waals surface area (Å²) in [6.45, 7) is 6.91. The highest BCUT2D eigenvalue weighted by Gasteiger charge is 1.96. The summed E-state index contributed by atoms with van der Waals surface area (Å²) in [4.78, 5) is 0. The summed E-state index contributed by atoms with van der Waals surface area (Å²) in [5, 5.41) is 0. The molecule has 1 unspecified atom stereocenters. The van der Waals surface area contributed by atoms with E-state index >= 15 is 0 Å². The summed E-state index contributed by atoms with van der Waals surface area (Å²) < 4.78 is 10.2. The Hall–Kier alpha value is 0.350. The molecule has 68 valence electrons. The van der Waals surface area contributed by atoms with Gasteiger partial charge < -0.3 is 9.47 Å². The van der Waals surface area contributed by atoms with Crippen molar-refractivity contribution in [2.45, 2.75) is 6.92 Å². The van der Waals surface area contributed by atoms with Crippen LogP contribution in [0.4, 0.5) is 0 Å². The molecule has 0 amide bonds. The van der Waals surface area contributed by atoms with Gasteiger partial charge in [-0.25, -0.2) is 0 Å². The van der Waals surface area contributed by atoms with Crippen LogP contribution in [0.2, 0.25) is 0 Å². The summed E-state index contributed by atoms with van der Waals surface area (Å²) in [5.74, 6) is 0. The van der Waals surface area contributed by atoms with Crippen LogP contribution >= 0.6 is 7.92 Å². The Morgan fingerprint density at radius 2 is 1.91 bits per heavy atom. The van der Waals surface area contributed by atoms with E-state index < -0.39 is 0 Å². The summed E-state index contributed by atoms with van der Waals surface area (Å²) in [7, 11) is 1.93. The Labute approximate surface area is 71.0 Å². The summed E-state index contributed by atoms with van der Waals surface area (Å²) in [5.41, 5.74) is 0. The SMILES string of the molecule is CCP(C)CCOCCOC. The summed E-state index contributed by atoms with van der Waals surface area (Å²) in [6.07, 6.45) is 2.54. The third-order valence-corrected chi connectivity index (χ3v) is 3.61. The van der Waals surface area contributed by atoms with Crippen molar-refractivity contribution in [2.75, 3.05) is 45.9 Å². The van der Waals surface area contributed by atoms with Crippen molar-refractivity contribution in [1.29, 1.82) is 0 Å². The predicted molar refractivity (Wildman–Crippen MR) is 50.9 cm³/mol. The summed E-state index contributed by atoms with van der Waals surface area (Å²) in [6, 6.07) is 0. The van der Waals surface area contributed by atoms with Crippen LogP contribution in [0, 0.1) is 0 Å². The van der Waals surface area contributed by atoms with Crippen molar-refractivity contribution in [2.24, 2.45) is 0 Å². The van der Waals surface area contributed by atoms with Crippen molar-refractivity contribution in [1.82, 2.24) is 0 Å². The van der Waals surface area contributed by atoms with Gasteiger partial charge in [0.05, 0.1) is 19.8 Å². The zero-order valence-corrected chi connectivity index (χ0v) is 8.69. The molecule has 0 aromatic rings. The minimum Gasteiger partial charge on any atom is -0.382 e. The number of hydrogen-bond acceptors (Lipinski definition) is 2. The Kier molecular flexibility index (Phi) is 8.72. The maximum absolute atomic E-state index is 5.34. The van der Waals surface area contributed by atoms with E-state index in [2.05, 4.69) is 13.6 Å². The number of methoxy groups -OCH3 is 1. The molecule has 0 aromatic heterocycles. The lowest BCUT2D eigenvalue weighted by Crippen LogP contribution is -2.05. The first kappa shape index (κ1) is 11.4. The minimum atomic E-state index is 0.235. The van der Waals surface area contributed by atoms with E-state index in [1.807, 2.05) is 0 Å². The van der Waals surface area contributed by atoms with Crippen LogP contribution in [0.3, 0.4) is 0 Å². The first-order chi connectivity index (χ1) is 5.31. The van der Waals surface area contributed by atoms with Gasteiger partial charge in [0.15, 0.2) is 0 Å². The molecule has 0 saturated heterocycles. The van der Waals surface area contributed by atoms with Gasteiger partial charge in [-0.05, 0) is 19.0 Å². The molecule has 0 N–H and O–H groups in total. The highest BCUT2D eigenvalue weighted by atomic mass is 31.1. The van der Waals surface area contributed by atoms with Gasteiger partial charge in [0, 0.05) is 7.11 Å². The van der Waals surface area contributed by atoms with Crippen LogP contribution in [-0.2, 0) is 9.47 Å². The predicted octanol–water partition coefficient (Wildman–Crippen LogP) is 1.78. The average Bonchev–Trinajstić information content (AvgIpc) is 2.04. The van der Waals surface area contributed by atoms with Crippen molar-refractivity contribution in [3.8, 4) is 0 Å². The normalized spacial score (nSPS) is 13.4. The fourth-order valence-corrected chi connectivity index (χ4v) is 1.38. The van der Waals surface area contributed by atoms with E-state index in [9.17, 15) is 0 Å². The molecule has 0 saturated carbocycles. The van der Waals surface area contributed by atoms with E-state index in [-0.39, 0.29) is 7.92 Å². The highest BCUT2D eigenvalue weighted by Crippen LogP contribution is 2.28. The minimum absolute atomic E-state index is 0.235. The second-order valence-electron chi connectivity index (χ2n) is 2.50. The third-order valence-electron chi connectivity index (χ3n) is 1.59. The zero-order chi connectivity index (χ0) is 8.53. The van der Waals surface area contributed by atoms with Gasteiger partial charge in [-0.3, -0.25) is 0 Å². The van der Waals surface area contributed by atoms with Gasteiger partial charge in [0.2, 0.25) is 0 Å². The molecule has 1 atom stereocenters. The Bertz CT molecular complexity index is 78.5. The van der Waals surface area contributed by atoms with Gasteiger partial charge in [-0.15, -0.1) is 7.92 Å². The zero-order valence-electron chi connectivity index (χ0n) is 7.80. The smallest absolute Gasteiger partial charge is 0.0700 e. The molecular weight excluding hydrogens is 159 g/mol. The Morgan fingerprint density at radius 1 is 1.18 bits per heavy atom. The van der Waals surface area contributed by atoms with Gasteiger partial charge in [0.1, 0.15) is 0 Å². The van der Waals surface area contributed by atoms with E-state index in [0.29, 0.717) is 6.61 Å². The first-order valence-electron chi connectivity index (χ1n) is 4.06. The molecule has 0 spiro atoms. The fourth-order valence-electron chi connectivity index (χ4n) is 0.623. The molecule has 0 aliphatic heterocycles. The lowest BCUT2D eigenvalue weighted by Gasteiger charge is -2.08. The molecule has 0 aliphatic carbocycles. The molecule has 0 bridgehead atoms. The molecule has 0 aliphatic rings. The fraction of sp³-hybridized carbons (Fsp3) is 1.00. The van der Waals surface area contributed by atoms with Crippen molar-refractivity contribution < 1.29 is 9.47 Å². The van der Waals surface area contributed by atoms with Gasteiger partial charge in [0.25, 0.3) is 0 Å². The van der Waals surface area contributed by atoms with E-state index in [1.165, 1.54) is 12.3 Å². The largest absolute Gasteiger partial charge is 0.382 e. The lowest BCUT2D eigenvalue weighted by atomic mass is 10.7. The molecule has 0 radical (unpaired) electrons. The first-order valence-corrected chi connectivity index (χ1v) is 6.22. The molecule has 2 nitrogen and oxygen atoms in total. The highest BCUT2D eigenvalue weighted by molar-refractivity contribution is 7.56. The number of rotatable bonds is 7. The van der Waals surface area contributed by atoms with E-state index in [0.717, 1.165) is 13.2 Å². The van der Waals surface area contributed by atoms with Gasteiger partial charge >= 0.3 is 0 Å². The molecule has 0 rings (SSSR count). The third kappa shape index (κ3) is 8.25. The molecule has 11 heavy (non-hydrogen) atoms.